The summed E-state index contributed by atoms with van der Waals surface area (Å²) >= 11 is 3.34. The molecule has 0 aliphatic carbocycles. The number of aromatic nitrogens is 1. The van der Waals surface area contributed by atoms with Crippen molar-refractivity contribution in [1.29, 1.82) is 0 Å². The molecule has 0 aliphatic rings. The fourth-order valence-electron chi connectivity index (χ4n) is 2.83. The van der Waals surface area contributed by atoms with Crippen molar-refractivity contribution in [3.63, 3.8) is 0 Å². The van der Waals surface area contributed by atoms with E-state index in [1.54, 1.807) is 54.7 Å². The lowest BCUT2D eigenvalue weighted by Crippen LogP contribution is -2.32. The van der Waals surface area contributed by atoms with E-state index in [0.29, 0.717) is 21.3 Å². The summed E-state index contributed by atoms with van der Waals surface area (Å²) in [4.78, 5) is 16.8. The highest BCUT2D eigenvalue weighted by atomic mass is 79.9. The maximum atomic E-state index is 13.3. The third-order valence-electron chi connectivity index (χ3n) is 4.39. The standard InChI is InChI=1S/C21H19BrN2O4S/c1-28-16-8-10-17(11-9-16)29(26,27)20(15-5-4-12-23-13-15)14-24-21(25)18-6-2-3-7-19(18)22/h2-13,20H,14H2,1H3,(H,24,25). The van der Waals surface area contributed by atoms with Gasteiger partial charge in [0, 0.05) is 23.4 Å². The highest BCUT2D eigenvalue weighted by molar-refractivity contribution is 9.10. The molecule has 0 radical (unpaired) electrons. The number of carbonyl (C=O) groups excluding carboxylic acids is 1. The van der Waals surface area contributed by atoms with Crippen LogP contribution in [0.1, 0.15) is 21.2 Å². The van der Waals surface area contributed by atoms with E-state index in [1.807, 2.05) is 0 Å². The zero-order valence-corrected chi connectivity index (χ0v) is 18.0. The third-order valence-corrected chi connectivity index (χ3v) is 7.19. The number of methoxy groups -OCH3 is 1. The summed E-state index contributed by atoms with van der Waals surface area (Å²) in [6.45, 7) is -0.0970. The Kier molecular flexibility index (Phi) is 6.66. The van der Waals surface area contributed by atoms with Crippen molar-refractivity contribution in [1.82, 2.24) is 10.3 Å². The van der Waals surface area contributed by atoms with Gasteiger partial charge >= 0.3 is 0 Å². The molecular weight excluding hydrogens is 456 g/mol. The van der Waals surface area contributed by atoms with Crippen LogP contribution in [0.2, 0.25) is 0 Å². The maximum Gasteiger partial charge on any atom is 0.252 e. The molecule has 150 valence electrons. The number of halogens is 1. The van der Waals surface area contributed by atoms with Crippen LogP contribution in [-0.4, -0.2) is 33.0 Å². The number of nitrogens with one attached hydrogen (secondary N) is 1. The highest BCUT2D eigenvalue weighted by Crippen LogP contribution is 2.29. The molecule has 1 aromatic heterocycles. The van der Waals surface area contributed by atoms with E-state index < -0.39 is 15.1 Å². The van der Waals surface area contributed by atoms with Gasteiger partial charge in [0.15, 0.2) is 9.84 Å². The Morgan fingerprint density at radius 3 is 2.45 bits per heavy atom. The summed E-state index contributed by atoms with van der Waals surface area (Å²) in [7, 11) is -2.28. The summed E-state index contributed by atoms with van der Waals surface area (Å²) in [6.07, 6.45) is 3.07. The molecule has 6 nitrogen and oxygen atoms in total. The normalized spacial score (nSPS) is 12.2. The van der Waals surface area contributed by atoms with Gasteiger partial charge in [-0.25, -0.2) is 8.42 Å². The quantitative estimate of drug-likeness (QED) is 0.562. The van der Waals surface area contributed by atoms with E-state index in [4.69, 9.17) is 4.74 Å². The van der Waals surface area contributed by atoms with Gasteiger partial charge in [-0.2, -0.15) is 0 Å². The van der Waals surface area contributed by atoms with Gasteiger partial charge in [0.05, 0.1) is 17.6 Å². The summed E-state index contributed by atoms with van der Waals surface area (Å²) in [5.74, 6) is 0.195. The number of benzene rings is 2. The van der Waals surface area contributed by atoms with Crippen molar-refractivity contribution in [3.8, 4) is 5.75 Å². The number of amides is 1. The van der Waals surface area contributed by atoms with Gasteiger partial charge in [-0.3, -0.25) is 9.78 Å². The third kappa shape index (κ3) is 4.83. The number of sulfone groups is 1. The van der Waals surface area contributed by atoms with Crippen molar-refractivity contribution in [3.05, 3.63) is 88.7 Å². The molecule has 0 spiro atoms. The van der Waals surface area contributed by atoms with Crippen molar-refractivity contribution in [2.75, 3.05) is 13.7 Å². The van der Waals surface area contributed by atoms with Crippen molar-refractivity contribution in [2.45, 2.75) is 10.1 Å². The first-order chi connectivity index (χ1) is 13.9. The van der Waals surface area contributed by atoms with E-state index in [-0.39, 0.29) is 17.3 Å². The molecule has 0 saturated carbocycles. The molecule has 3 aromatic rings. The fraction of sp³-hybridized carbons (Fsp3) is 0.143. The lowest BCUT2D eigenvalue weighted by molar-refractivity contribution is 0.0953. The minimum Gasteiger partial charge on any atom is -0.497 e. The summed E-state index contributed by atoms with van der Waals surface area (Å²) in [6, 6.07) is 16.5. The van der Waals surface area contributed by atoms with Gasteiger partial charge in [0.2, 0.25) is 0 Å². The molecular formula is C21H19BrN2O4S. The van der Waals surface area contributed by atoms with Gasteiger partial charge in [-0.05, 0) is 64.0 Å². The van der Waals surface area contributed by atoms with Crippen LogP contribution in [0.5, 0.6) is 5.75 Å². The second kappa shape index (κ2) is 9.19. The minimum absolute atomic E-state index is 0.0970. The Morgan fingerprint density at radius 2 is 1.83 bits per heavy atom. The molecule has 8 heteroatoms. The summed E-state index contributed by atoms with van der Waals surface area (Å²) in [5.41, 5.74) is 0.926. The molecule has 0 saturated heterocycles. The van der Waals surface area contributed by atoms with Crippen LogP contribution in [0.25, 0.3) is 0 Å². The van der Waals surface area contributed by atoms with Crippen LogP contribution in [0.15, 0.2) is 82.4 Å². The monoisotopic (exact) mass is 474 g/mol. The van der Waals surface area contributed by atoms with E-state index in [0.717, 1.165) is 0 Å². The molecule has 1 amide bonds. The number of carbonyl (C=O) groups is 1. The molecule has 1 unspecified atom stereocenters. The zero-order chi connectivity index (χ0) is 20.9. The molecule has 0 aliphatic heterocycles. The van der Waals surface area contributed by atoms with Crippen LogP contribution in [-0.2, 0) is 9.84 Å². The van der Waals surface area contributed by atoms with Crippen LogP contribution in [0, 0.1) is 0 Å². The van der Waals surface area contributed by atoms with Gasteiger partial charge in [0.1, 0.15) is 11.0 Å². The fourth-order valence-corrected chi connectivity index (χ4v) is 4.94. The maximum absolute atomic E-state index is 13.3. The molecule has 29 heavy (non-hydrogen) atoms. The Hall–Kier alpha value is -2.71. The van der Waals surface area contributed by atoms with E-state index in [9.17, 15) is 13.2 Å². The SMILES string of the molecule is COc1ccc(S(=O)(=O)C(CNC(=O)c2ccccc2Br)c2cccnc2)cc1. The lowest BCUT2D eigenvalue weighted by atomic mass is 10.2. The molecule has 0 fully saturated rings. The van der Waals surface area contributed by atoms with Crippen molar-refractivity contribution in [2.24, 2.45) is 0 Å². The van der Waals surface area contributed by atoms with Crippen LogP contribution in [0.3, 0.4) is 0 Å². The Balaban J connectivity index is 1.91. The second-order valence-electron chi connectivity index (χ2n) is 6.19. The van der Waals surface area contributed by atoms with Crippen LogP contribution < -0.4 is 10.1 Å². The lowest BCUT2D eigenvalue weighted by Gasteiger charge is -2.19. The van der Waals surface area contributed by atoms with Gasteiger partial charge < -0.3 is 10.1 Å². The topological polar surface area (TPSA) is 85.4 Å². The highest BCUT2D eigenvalue weighted by Gasteiger charge is 2.30. The Bertz CT molecular complexity index is 1090. The van der Waals surface area contributed by atoms with Crippen LogP contribution in [0.4, 0.5) is 0 Å². The first kappa shape index (κ1) is 21.0. The smallest absolute Gasteiger partial charge is 0.252 e. The van der Waals surface area contributed by atoms with Crippen molar-refractivity contribution >= 4 is 31.7 Å². The van der Waals surface area contributed by atoms with Gasteiger partial charge in [-0.15, -0.1) is 0 Å². The van der Waals surface area contributed by atoms with Crippen LogP contribution >= 0.6 is 15.9 Å². The predicted octanol–water partition coefficient (Wildman–Crippen LogP) is 3.80. The molecule has 2 aromatic carbocycles. The summed E-state index contributed by atoms with van der Waals surface area (Å²) in [5, 5.41) is 1.75. The first-order valence-electron chi connectivity index (χ1n) is 8.74. The van der Waals surface area contributed by atoms with Gasteiger partial charge in [0.25, 0.3) is 5.91 Å². The Labute approximate surface area is 178 Å². The zero-order valence-electron chi connectivity index (χ0n) is 15.6. The minimum atomic E-state index is -3.79. The molecule has 1 atom stereocenters. The Morgan fingerprint density at radius 1 is 1.10 bits per heavy atom. The van der Waals surface area contributed by atoms with E-state index in [1.165, 1.54) is 25.4 Å². The molecule has 0 bridgehead atoms. The number of pyridine rings is 1. The second-order valence-corrected chi connectivity index (χ2v) is 9.17. The number of rotatable bonds is 7. The van der Waals surface area contributed by atoms with Crippen molar-refractivity contribution < 1.29 is 17.9 Å². The number of hydrogen-bond donors (Lipinski definition) is 1. The first-order valence-corrected chi connectivity index (χ1v) is 11.1. The molecule has 3 rings (SSSR count). The predicted molar refractivity (Wildman–Crippen MR) is 114 cm³/mol. The van der Waals surface area contributed by atoms with Gasteiger partial charge in [-0.1, -0.05) is 18.2 Å². The van der Waals surface area contributed by atoms with E-state index in [2.05, 4.69) is 26.2 Å². The van der Waals surface area contributed by atoms with E-state index >= 15 is 0 Å². The molecule has 1 heterocycles. The average molecular weight is 475 g/mol. The molecule has 1 N–H and O–H groups in total. The number of hydrogen-bond acceptors (Lipinski definition) is 5. The average Bonchev–Trinajstić information content (AvgIpc) is 2.74. The number of nitrogens with zero attached hydrogens (tertiary/aromatic N) is 1. The summed E-state index contributed by atoms with van der Waals surface area (Å²) < 4.78 is 32.4. The largest absolute Gasteiger partial charge is 0.497 e. The number of ether oxygens (including phenoxy) is 1.